The average molecular weight is 278 g/mol. The number of rotatable bonds is 2. The van der Waals surface area contributed by atoms with Crippen molar-refractivity contribution < 1.29 is 18.7 Å². The third-order valence-electron chi connectivity index (χ3n) is 3.83. The van der Waals surface area contributed by atoms with Crippen molar-refractivity contribution in [1.82, 2.24) is 4.90 Å². The molecule has 1 aromatic carbocycles. The first-order valence-electron chi connectivity index (χ1n) is 6.61. The molecule has 5 nitrogen and oxygen atoms in total. The van der Waals surface area contributed by atoms with E-state index >= 15 is 0 Å². The van der Waals surface area contributed by atoms with Crippen LogP contribution in [-0.2, 0) is 9.53 Å². The number of carbonyl (C=O) groups excluding carboxylic acids is 2. The molecule has 6 heteroatoms. The van der Waals surface area contributed by atoms with E-state index < -0.39 is 11.8 Å². The number of urea groups is 1. The molecule has 0 bridgehead atoms. The molecule has 2 saturated heterocycles. The number of fused-ring (bicyclic) bond motifs is 1. The van der Waals surface area contributed by atoms with Crippen LogP contribution < -0.4 is 4.90 Å². The SMILES string of the molecule is CCN1C(=O)N(c2cccc(F)c2)C(=O)C2COCC21. The van der Waals surface area contributed by atoms with Crippen molar-refractivity contribution in [1.29, 1.82) is 0 Å². The van der Waals surface area contributed by atoms with Crippen molar-refractivity contribution in [2.45, 2.75) is 13.0 Å². The maximum Gasteiger partial charge on any atom is 0.331 e. The summed E-state index contributed by atoms with van der Waals surface area (Å²) in [7, 11) is 0. The number of nitrogens with zero attached hydrogens (tertiary/aromatic N) is 2. The molecule has 2 atom stereocenters. The fourth-order valence-corrected chi connectivity index (χ4v) is 2.84. The van der Waals surface area contributed by atoms with E-state index in [2.05, 4.69) is 0 Å². The molecular weight excluding hydrogens is 263 g/mol. The summed E-state index contributed by atoms with van der Waals surface area (Å²) >= 11 is 0. The summed E-state index contributed by atoms with van der Waals surface area (Å²) in [6.07, 6.45) is 0. The van der Waals surface area contributed by atoms with Gasteiger partial charge in [-0.1, -0.05) is 6.07 Å². The quantitative estimate of drug-likeness (QED) is 0.826. The summed E-state index contributed by atoms with van der Waals surface area (Å²) in [4.78, 5) is 27.6. The number of ether oxygens (including phenoxy) is 1. The third kappa shape index (κ3) is 1.87. The fourth-order valence-electron chi connectivity index (χ4n) is 2.84. The Bertz CT molecular complexity index is 563. The number of amides is 3. The summed E-state index contributed by atoms with van der Waals surface area (Å²) in [6.45, 7) is 3.03. The predicted octanol–water partition coefficient (Wildman–Crippen LogP) is 1.63. The van der Waals surface area contributed by atoms with Crippen molar-refractivity contribution >= 4 is 17.6 Å². The molecule has 20 heavy (non-hydrogen) atoms. The lowest BCUT2D eigenvalue weighted by atomic mass is 9.97. The molecule has 1 aromatic rings. The van der Waals surface area contributed by atoms with Gasteiger partial charge in [-0.2, -0.15) is 0 Å². The molecule has 0 spiro atoms. The lowest BCUT2D eigenvalue weighted by Crippen LogP contribution is -2.61. The zero-order valence-electron chi connectivity index (χ0n) is 11.1. The first-order chi connectivity index (χ1) is 9.63. The highest BCUT2D eigenvalue weighted by atomic mass is 19.1. The van der Waals surface area contributed by atoms with E-state index in [1.54, 1.807) is 11.0 Å². The van der Waals surface area contributed by atoms with E-state index in [4.69, 9.17) is 4.74 Å². The summed E-state index contributed by atoms with van der Waals surface area (Å²) in [6, 6.07) is 4.91. The normalized spacial score (nSPS) is 26.1. The summed E-state index contributed by atoms with van der Waals surface area (Å²) in [5.41, 5.74) is 0.267. The fraction of sp³-hybridized carbons (Fsp3) is 0.429. The number of benzene rings is 1. The highest BCUT2D eigenvalue weighted by Crippen LogP contribution is 2.31. The minimum absolute atomic E-state index is 0.204. The Balaban J connectivity index is 2.01. The van der Waals surface area contributed by atoms with Gasteiger partial charge < -0.3 is 9.64 Å². The Kier molecular flexibility index (Phi) is 3.17. The number of halogens is 1. The van der Waals surface area contributed by atoms with Crippen LogP contribution in [0.5, 0.6) is 0 Å². The van der Waals surface area contributed by atoms with Gasteiger partial charge in [0.15, 0.2) is 0 Å². The summed E-state index contributed by atoms with van der Waals surface area (Å²) < 4.78 is 18.7. The smallest absolute Gasteiger partial charge is 0.331 e. The maximum absolute atomic E-state index is 13.3. The van der Waals surface area contributed by atoms with Gasteiger partial charge in [0.1, 0.15) is 5.82 Å². The number of anilines is 1. The van der Waals surface area contributed by atoms with Gasteiger partial charge in [-0.25, -0.2) is 14.1 Å². The van der Waals surface area contributed by atoms with Crippen molar-refractivity contribution in [2.75, 3.05) is 24.7 Å². The Labute approximate surface area is 115 Å². The number of likely N-dealkylation sites (N-methyl/N-ethyl adjacent to an activating group) is 1. The van der Waals surface area contributed by atoms with E-state index in [0.717, 1.165) is 4.90 Å². The number of imide groups is 1. The number of carbonyl (C=O) groups is 2. The van der Waals surface area contributed by atoms with Crippen molar-refractivity contribution in [3.63, 3.8) is 0 Å². The van der Waals surface area contributed by atoms with Crippen molar-refractivity contribution in [3.05, 3.63) is 30.1 Å². The molecule has 106 valence electrons. The molecule has 0 N–H and O–H groups in total. The van der Waals surface area contributed by atoms with Crippen LogP contribution >= 0.6 is 0 Å². The Morgan fingerprint density at radius 2 is 2.15 bits per heavy atom. The second-order valence-corrected chi connectivity index (χ2v) is 4.93. The van der Waals surface area contributed by atoms with Gasteiger partial charge in [0.05, 0.1) is 30.9 Å². The molecule has 0 aliphatic carbocycles. The van der Waals surface area contributed by atoms with E-state index in [9.17, 15) is 14.0 Å². The van der Waals surface area contributed by atoms with E-state index in [1.807, 2.05) is 6.92 Å². The third-order valence-corrected chi connectivity index (χ3v) is 3.83. The summed E-state index contributed by atoms with van der Waals surface area (Å²) in [5, 5.41) is 0. The molecule has 0 aromatic heterocycles. The Hall–Kier alpha value is -1.95. The van der Waals surface area contributed by atoms with Crippen LogP contribution in [0.3, 0.4) is 0 Å². The lowest BCUT2D eigenvalue weighted by molar-refractivity contribution is -0.124. The minimum Gasteiger partial charge on any atom is -0.378 e. The average Bonchev–Trinajstić information content (AvgIpc) is 2.89. The highest BCUT2D eigenvalue weighted by Gasteiger charge is 2.49. The van der Waals surface area contributed by atoms with Gasteiger partial charge in [-0.15, -0.1) is 0 Å². The molecule has 3 amide bonds. The van der Waals surface area contributed by atoms with Gasteiger partial charge in [-0.05, 0) is 25.1 Å². The predicted molar refractivity (Wildman–Crippen MR) is 69.8 cm³/mol. The molecule has 0 radical (unpaired) electrons. The molecular formula is C14H15FN2O3. The van der Waals surface area contributed by atoms with Crippen LogP contribution in [-0.4, -0.2) is 42.6 Å². The maximum atomic E-state index is 13.3. The Morgan fingerprint density at radius 1 is 1.35 bits per heavy atom. The van der Waals surface area contributed by atoms with E-state index in [-0.39, 0.29) is 23.6 Å². The molecule has 2 aliphatic rings. The van der Waals surface area contributed by atoms with Crippen LogP contribution in [0.4, 0.5) is 14.9 Å². The van der Waals surface area contributed by atoms with Crippen LogP contribution in [0.2, 0.25) is 0 Å². The second-order valence-electron chi connectivity index (χ2n) is 4.93. The van der Waals surface area contributed by atoms with Crippen LogP contribution in [0.15, 0.2) is 24.3 Å². The molecule has 2 aliphatic heterocycles. The first kappa shape index (κ1) is 13.1. The zero-order valence-corrected chi connectivity index (χ0v) is 11.1. The standard InChI is InChI=1S/C14H15FN2O3/c1-2-16-12-8-20-7-11(12)13(18)17(14(16)19)10-5-3-4-9(15)6-10/h3-6,11-12H,2,7-8H2,1H3. The van der Waals surface area contributed by atoms with Gasteiger partial charge in [0.2, 0.25) is 5.91 Å². The van der Waals surface area contributed by atoms with Crippen molar-refractivity contribution in [2.24, 2.45) is 5.92 Å². The molecule has 0 saturated carbocycles. The van der Waals surface area contributed by atoms with Crippen LogP contribution in [0, 0.1) is 11.7 Å². The first-order valence-corrected chi connectivity index (χ1v) is 6.61. The zero-order chi connectivity index (χ0) is 14.3. The Morgan fingerprint density at radius 3 is 2.85 bits per heavy atom. The molecule has 3 rings (SSSR count). The van der Waals surface area contributed by atoms with Crippen molar-refractivity contribution in [3.8, 4) is 0 Å². The van der Waals surface area contributed by atoms with Gasteiger partial charge in [0, 0.05) is 6.54 Å². The number of hydrogen-bond donors (Lipinski definition) is 0. The van der Waals surface area contributed by atoms with Gasteiger partial charge in [0.25, 0.3) is 0 Å². The molecule has 2 unspecified atom stereocenters. The lowest BCUT2D eigenvalue weighted by Gasteiger charge is -2.40. The second kappa shape index (κ2) is 4.86. The largest absolute Gasteiger partial charge is 0.378 e. The van der Waals surface area contributed by atoms with Gasteiger partial charge >= 0.3 is 6.03 Å². The number of hydrogen-bond acceptors (Lipinski definition) is 3. The molecule has 2 fully saturated rings. The topological polar surface area (TPSA) is 49.9 Å². The van der Waals surface area contributed by atoms with Crippen LogP contribution in [0.25, 0.3) is 0 Å². The molecule has 2 heterocycles. The van der Waals surface area contributed by atoms with Gasteiger partial charge in [-0.3, -0.25) is 4.79 Å². The monoisotopic (exact) mass is 278 g/mol. The highest BCUT2D eigenvalue weighted by molar-refractivity contribution is 6.17. The van der Waals surface area contributed by atoms with E-state index in [0.29, 0.717) is 19.8 Å². The van der Waals surface area contributed by atoms with E-state index in [1.165, 1.54) is 18.2 Å². The summed E-state index contributed by atoms with van der Waals surface area (Å²) in [5.74, 6) is -1.15. The minimum atomic E-state index is -0.476. The van der Waals surface area contributed by atoms with Crippen LogP contribution in [0.1, 0.15) is 6.92 Å².